The van der Waals surface area contributed by atoms with Crippen molar-refractivity contribution in [2.75, 3.05) is 31.1 Å². The minimum Gasteiger partial charge on any atom is -0.309 e. The van der Waals surface area contributed by atoms with Gasteiger partial charge in [-0.15, -0.1) is 0 Å². The van der Waals surface area contributed by atoms with Gasteiger partial charge in [-0.3, -0.25) is 4.90 Å². The lowest BCUT2D eigenvalue weighted by Gasteiger charge is -2.48. The van der Waals surface area contributed by atoms with Gasteiger partial charge in [-0.1, -0.05) is 20.8 Å². The average Bonchev–Trinajstić information content (AvgIpc) is 2.68. The summed E-state index contributed by atoms with van der Waals surface area (Å²) in [5.41, 5.74) is 0.170. The molecule has 2 rings (SSSR count). The summed E-state index contributed by atoms with van der Waals surface area (Å²) in [6.45, 7) is 12.0. The maximum atomic E-state index is 11.7. The zero-order valence-corrected chi connectivity index (χ0v) is 14.2. The van der Waals surface area contributed by atoms with Gasteiger partial charge in [0, 0.05) is 31.2 Å². The van der Waals surface area contributed by atoms with Gasteiger partial charge in [0.1, 0.15) is 0 Å². The molecular formula is C15H30N2O2S. The minimum absolute atomic E-state index is 0.170. The van der Waals surface area contributed by atoms with Crippen LogP contribution in [0.25, 0.3) is 0 Å². The van der Waals surface area contributed by atoms with Crippen molar-refractivity contribution in [3.63, 3.8) is 0 Å². The highest BCUT2D eigenvalue weighted by atomic mass is 32.2. The molecule has 0 radical (unpaired) electrons. The Balaban J connectivity index is 2.04. The van der Waals surface area contributed by atoms with E-state index in [1.54, 1.807) is 0 Å². The third kappa shape index (κ3) is 3.74. The summed E-state index contributed by atoms with van der Waals surface area (Å²) in [5.74, 6) is 1.72. The van der Waals surface area contributed by atoms with Crippen LogP contribution in [0.15, 0.2) is 0 Å². The van der Waals surface area contributed by atoms with Gasteiger partial charge in [0.25, 0.3) is 0 Å². The second kappa shape index (κ2) is 5.93. The molecule has 20 heavy (non-hydrogen) atoms. The van der Waals surface area contributed by atoms with Crippen molar-refractivity contribution in [3.8, 4) is 0 Å². The molecule has 0 aromatic rings. The zero-order chi connectivity index (χ0) is 15.0. The van der Waals surface area contributed by atoms with E-state index in [4.69, 9.17) is 0 Å². The smallest absolute Gasteiger partial charge is 0.150 e. The Hall–Kier alpha value is -0.130. The lowest BCUT2D eigenvalue weighted by molar-refractivity contribution is 0.0499. The summed E-state index contributed by atoms with van der Waals surface area (Å²) in [5, 5.41) is 3.69. The average molecular weight is 302 g/mol. The van der Waals surface area contributed by atoms with Crippen LogP contribution in [-0.2, 0) is 9.84 Å². The zero-order valence-electron chi connectivity index (χ0n) is 13.4. The van der Waals surface area contributed by atoms with E-state index in [0.29, 0.717) is 29.4 Å². The summed E-state index contributed by atoms with van der Waals surface area (Å²) in [6.07, 6.45) is 1.96. The van der Waals surface area contributed by atoms with Crippen molar-refractivity contribution in [1.29, 1.82) is 0 Å². The van der Waals surface area contributed by atoms with Gasteiger partial charge in [-0.05, 0) is 31.6 Å². The highest BCUT2D eigenvalue weighted by Crippen LogP contribution is 2.27. The van der Waals surface area contributed by atoms with E-state index in [1.165, 1.54) is 0 Å². The molecule has 3 unspecified atom stereocenters. The molecule has 3 atom stereocenters. The predicted octanol–water partition coefficient (Wildman–Crippen LogP) is 1.52. The Morgan fingerprint density at radius 1 is 1.40 bits per heavy atom. The van der Waals surface area contributed by atoms with Crippen LogP contribution in [-0.4, -0.2) is 56.0 Å². The summed E-state index contributed by atoms with van der Waals surface area (Å²) in [7, 11) is -2.76. The molecule has 2 heterocycles. The molecule has 2 aliphatic heterocycles. The first-order valence-electron chi connectivity index (χ1n) is 7.94. The number of hydrogen-bond acceptors (Lipinski definition) is 4. The van der Waals surface area contributed by atoms with E-state index in [2.05, 4.69) is 37.9 Å². The molecule has 4 nitrogen and oxygen atoms in total. The Kier molecular flexibility index (Phi) is 4.82. The van der Waals surface area contributed by atoms with E-state index >= 15 is 0 Å². The van der Waals surface area contributed by atoms with Gasteiger partial charge in [-0.25, -0.2) is 8.42 Å². The normalized spacial score (nSPS) is 38.5. The van der Waals surface area contributed by atoms with Crippen LogP contribution in [0.5, 0.6) is 0 Å². The first kappa shape index (κ1) is 16.2. The number of hydrogen-bond donors (Lipinski definition) is 1. The minimum atomic E-state index is -2.76. The third-order valence-corrected chi connectivity index (χ3v) is 6.97. The van der Waals surface area contributed by atoms with Crippen LogP contribution < -0.4 is 5.32 Å². The lowest BCUT2D eigenvalue weighted by atomic mass is 9.89. The van der Waals surface area contributed by atoms with E-state index in [0.717, 1.165) is 32.5 Å². The van der Waals surface area contributed by atoms with Crippen molar-refractivity contribution in [1.82, 2.24) is 10.2 Å². The van der Waals surface area contributed by atoms with Crippen LogP contribution in [0.2, 0.25) is 0 Å². The van der Waals surface area contributed by atoms with Crippen LogP contribution >= 0.6 is 0 Å². The number of rotatable bonds is 4. The molecule has 0 aromatic carbocycles. The number of nitrogens with zero attached hydrogens (tertiary/aromatic N) is 1. The molecule has 0 aromatic heterocycles. The van der Waals surface area contributed by atoms with Crippen LogP contribution in [0.4, 0.5) is 0 Å². The van der Waals surface area contributed by atoms with Crippen LogP contribution in [0.1, 0.15) is 40.5 Å². The van der Waals surface area contributed by atoms with E-state index in [-0.39, 0.29) is 5.54 Å². The number of nitrogens with one attached hydrogen (secondary N) is 1. The molecule has 2 saturated heterocycles. The molecule has 1 N–H and O–H groups in total. The topological polar surface area (TPSA) is 49.4 Å². The third-order valence-electron chi connectivity index (χ3n) is 5.13. The quantitative estimate of drug-likeness (QED) is 0.855. The monoisotopic (exact) mass is 302 g/mol. The number of piperazine rings is 1. The second-order valence-electron chi connectivity index (χ2n) is 7.30. The summed E-state index contributed by atoms with van der Waals surface area (Å²) < 4.78 is 23.3. The van der Waals surface area contributed by atoms with Crippen molar-refractivity contribution in [3.05, 3.63) is 0 Å². The van der Waals surface area contributed by atoms with Crippen molar-refractivity contribution in [2.24, 2.45) is 11.8 Å². The standard InChI is InChI=1S/C15H30N2O2S/c1-5-15(4)11-17(14(8-16-15)12(2)3)9-13-6-7-20(18,19)10-13/h12-14,16H,5-11H2,1-4H3. The Labute approximate surface area is 124 Å². The fraction of sp³-hybridized carbons (Fsp3) is 1.00. The number of sulfone groups is 1. The molecule has 0 bridgehead atoms. The van der Waals surface area contributed by atoms with Gasteiger partial charge < -0.3 is 5.32 Å². The van der Waals surface area contributed by atoms with Crippen LogP contribution in [0.3, 0.4) is 0 Å². The van der Waals surface area contributed by atoms with E-state index < -0.39 is 9.84 Å². The molecule has 0 saturated carbocycles. The molecule has 5 heteroatoms. The Morgan fingerprint density at radius 3 is 2.60 bits per heavy atom. The summed E-state index contributed by atoms with van der Waals surface area (Å²) >= 11 is 0. The highest BCUT2D eigenvalue weighted by molar-refractivity contribution is 7.91. The largest absolute Gasteiger partial charge is 0.309 e. The fourth-order valence-corrected chi connectivity index (χ4v) is 5.39. The second-order valence-corrected chi connectivity index (χ2v) is 9.53. The fourth-order valence-electron chi connectivity index (χ4n) is 3.54. The molecule has 2 aliphatic rings. The molecule has 118 valence electrons. The highest BCUT2D eigenvalue weighted by Gasteiger charge is 2.38. The van der Waals surface area contributed by atoms with E-state index in [9.17, 15) is 8.42 Å². The molecule has 0 amide bonds. The predicted molar refractivity (Wildman–Crippen MR) is 83.7 cm³/mol. The molecular weight excluding hydrogens is 272 g/mol. The maximum Gasteiger partial charge on any atom is 0.150 e. The van der Waals surface area contributed by atoms with E-state index in [1.807, 2.05) is 0 Å². The van der Waals surface area contributed by atoms with Crippen molar-refractivity contribution >= 4 is 9.84 Å². The first-order chi connectivity index (χ1) is 9.25. The molecule has 2 fully saturated rings. The SMILES string of the molecule is CCC1(C)CN(CC2CCS(=O)(=O)C2)C(C(C)C)CN1. The van der Waals surface area contributed by atoms with Crippen LogP contribution in [0, 0.1) is 11.8 Å². The van der Waals surface area contributed by atoms with Gasteiger partial charge >= 0.3 is 0 Å². The Bertz CT molecular complexity index is 435. The molecule has 0 aliphatic carbocycles. The summed E-state index contributed by atoms with van der Waals surface area (Å²) in [6, 6.07) is 0.526. The summed E-state index contributed by atoms with van der Waals surface area (Å²) in [4.78, 5) is 2.55. The van der Waals surface area contributed by atoms with Crippen molar-refractivity contribution < 1.29 is 8.42 Å². The lowest BCUT2D eigenvalue weighted by Crippen LogP contribution is -2.64. The van der Waals surface area contributed by atoms with Gasteiger partial charge in [0.2, 0.25) is 0 Å². The Morgan fingerprint density at radius 2 is 2.10 bits per heavy atom. The first-order valence-corrected chi connectivity index (χ1v) is 9.76. The molecule has 0 spiro atoms. The van der Waals surface area contributed by atoms with Gasteiger partial charge in [0.05, 0.1) is 11.5 Å². The maximum absolute atomic E-state index is 11.7. The van der Waals surface area contributed by atoms with Gasteiger partial charge in [0.15, 0.2) is 9.84 Å². The van der Waals surface area contributed by atoms with Gasteiger partial charge in [-0.2, -0.15) is 0 Å². The van der Waals surface area contributed by atoms with Crippen molar-refractivity contribution in [2.45, 2.75) is 52.1 Å².